The Hall–Kier alpha value is -2.41. The van der Waals surface area contributed by atoms with Crippen LogP contribution in [0.15, 0.2) is 53.4 Å². The molecule has 0 aromatic heterocycles. The van der Waals surface area contributed by atoms with Crippen LogP contribution < -0.4 is 4.18 Å². The molecule has 170 valence electrons. The van der Waals surface area contributed by atoms with Crippen molar-refractivity contribution in [3.63, 3.8) is 0 Å². The summed E-state index contributed by atoms with van der Waals surface area (Å²) < 4.78 is 30.7. The highest BCUT2D eigenvalue weighted by Crippen LogP contribution is 2.25. The predicted octanol–water partition coefficient (Wildman–Crippen LogP) is 6.83. The van der Waals surface area contributed by atoms with Crippen LogP contribution in [0, 0.1) is 10.1 Å². The van der Waals surface area contributed by atoms with E-state index in [1.54, 1.807) is 12.1 Å². The van der Waals surface area contributed by atoms with Gasteiger partial charge in [-0.2, -0.15) is 8.42 Å². The number of aryl methyl sites for hydroxylation is 1. The van der Waals surface area contributed by atoms with E-state index in [4.69, 9.17) is 4.18 Å². The van der Waals surface area contributed by atoms with Crippen LogP contribution in [0.2, 0.25) is 0 Å². The molecule has 7 heteroatoms. The zero-order chi connectivity index (χ0) is 22.5. The fourth-order valence-corrected chi connectivity index (χ4v) is 4.74. The number of nitrogens with zero attached hydrogens (tertiary/aromatic N) is 1. The van der Waals surface area contributed by atoms with Crippen molar-refractivity contribution in [3.8, 4) is 5.75 Å². The van der Waals surface area contributed by atoms with Crippen LogP contribution in [0.25, 0.3) is 0 Å². The van der Waals surface area contributed by atoms with Crippen LogP contribution in [-0.4, -0.2) is 13.3 Å². The lowest BCUT2D eigenvalue weighted by molar-refractivity contribution is -0.384. The number of hydrogen-bond acceptors (Lipinski definition) is 5. The standard InChI is InChI=1S/C24H33NO5S/c1-2-3-4-5-6-7-8-9-10-11-14-21-15-12-13-16-24(21)31(28,29)30-23-19-17-22(18-20-23)25(26)27/h12-13,15-20H,2-11,14H2,1H3. The maximum atomic E-state index is 12.8. The number of nitro benzene ring substituents is 1. The second-order valence-electron chi connectivity index (χ2n) is 7.83. The van der Waals surface area contributed by atoms with E-state index in [9.17, 15) is 18.5 Å². The van der Waals surface area contributed by atoms with E-state index < -0.39 is 15.0 Å². The molecule has 0 N–H and O–H groups in total. The van der Waals surface area contributed by atoms with E-state index >= 15 is 0 Å². The van der Waals surface area contributed by atoms with Crippen molar-refractivity contribution in [2.75, 3.05) is 0 Å². The van der Waals surface area contributed by atoms with Gasteiger partial charge in [0.05, 0.1) is 4.92 Å². The summed E-state index contributed by atoms with van der Waals surface area (Å²) in [6, 6.07) is 11.9. The smallest absolute Gasteiger partial charge is 0.339 e. The highest BCUT2D eigenvalue weighted by molar-refractivity contribution is 7.87. The normalized spacial score (nSPS) is 11.4. The van der Waals surface area contributed by atoms with Gasteiger partial charge in [0, 0.05) is 12.1 Å². The van der Waals surface area contributed by atoms with Crippen molar-refractivity contribution < 1.29 is 17.5 Å². The Kier molecular flexibility index (Phi) is 10.5. The van der Waals surface area contributed by atoms with Crippen molar-refractivity contribution in [2.24, 2.45) is 0 Å². The second-order valence-corrected chi connectivity index (χ2v) is 9.34. The molecule has 6 nitrogen and oxygen atoms in total. The van der Waals surface area contributed by atoms with Crippen molar-refractivity contribution in [3.05, 3.63) is 64.2 Å². The summed E-state index contributed by atoms with van der Waals surface area (Å²) in [5.41, 5.74) is 0.620. The van der Waals surface area contributed by atoms with Gasteiger partial charge in [0.1, 0.15) is 10.6 Å². The largest absolute Gasteiger partial charge is 0.379 e. The molecule has 0 fully saturated rings. The first-order chi connectivity index (χ1) is 14.9. The number of unbranched alkanes of at least 4 members (excludes halogenated alkanes) is 9. The molecule has 2 rings (SSSR count). The maximum Gasteiger partial charge on any atom is 0.339 e. The first-order valence-electron chi connectivity index (χ1n) is 11.2. The quantitative estimate of drug-likeness (QED) is 0.129. The molecule has 0 radical (unpaired) electrons. The van der Waals surface area contributed by atoms with Gasteiger partial charge in [0.25, 0.3) is 5.69 Å². The van der Waals surface area contributed by atoms with E-state index in [1.165, 1.54) is 75.6 Å². The Labute approximate surface area is 185 Å². The molecule has 0 saturated heterocycles. The average molecular weight is 448 g/mol. The second kappa shape index (κ2) is 13.1. The molecule has 0 aliphatic heterocycles. The molecule has 0 aliphatic carbocycles. The van der Waals surface area contributed by atoms with Crippen LogP contribution in [-0.2, 0) is 16.5 Å². The third kappa shape index (κ3) is 8.69. The molecule has 0 heterocycles. The van der Waals surface area contributed by atoms with E-state index in [1.807, 2.05) is 12.1 Å². The molecule has 0 unspecified atom stereocenters. The Morgan fingerprint density at radius 2 is 1.35 bits per heavy atom. The molecule has 2 aromatic carbocycles. The van der Waals surface area contributed by atoms with Gasteiger partial charge >= 0.3 is 10.1 Å². The Morgan fingerprint density at radius 3 is 1.94 bits per heavy atom. The summed E-state index contributed by atoms with van der Waals surface area (Å²) in [4.78, 5) is 10.4. The molecule has 0 amide bonds. The monoisotopic (exact) mass is 447 g/mol. The van der Waals surface area contributed by atoms with Gasteiger partial charge in [-0.3, -0.25) is 10.1 Å². The number of benzene rings is 2. The van der Waals surface area contributed by atoms with Gasteiger partial charge < -0.3 is 4.18 Å². The van der Waals surface area contributed by atoms with Crippen molar-refractivity contribution >= 4 is 15.8 Å². The van der Waals surface area contributed by atoms with Gasteiger partial charge in [-0.1, -0.05) is 82.9 Å². The molecule has 2 aromatic rings. The summed E-state index contributed by atoms with van der Waals surface area (Å²) in [5.74, 6) is 0.0549. The molecule has 0 atom stereocenters. The van der Waals surface area contributed by atoms with Gasteiger partial charge in [-0.25, -0.2) is 0 Å². The third-order valence-electron chi connectivity index (χ3n) is 5.30. The molecular formula is C24H33NO5S. The molecule has 0 aliphatic rings. The lowest BCUT2D eigenvalue weighted by atomic mass is 10.0. The summed E-state index contributed by atoms with van der Waals surface area (Å²) in [5, 5.41) is 10.7. The first kappa shape index (κ1) is 24.9. The maximum absolute atomic E-state index is 12.8. The Balaban J connectivity index is 1.84. The highest BCUT2D eigenvalue weighted by atomic mass is 32.2. The third-order valence-corrected chi connectivity index (χ3v) is 6.64. The van der Waals surface area contributed by atoms with Crippen molar-refractivity contribution in [2.45, 2.75) is 82.4 Å². The predicted molar refractivity (Wildman–Crippen MR) is 123 cm³/mol. The molecule has 0 bridgehead atoms. The minimum absolute atomic E-state index is 0.0549. The van der Waals surface area contributed by atoms with E-state index in [0.29, 0.717) is 6.42 Å². The average Bonchev–Trinajstić information content (AvgIpc) is 2.75. The van der Waals surface area contributed by atoms with E-state index in [-0.39, 0.29) is 16.3 Å². The summed E-state index contributed by atoms with van der Waals surface area (Å²) in [7, 11) is -4.01. The minimum Gasteiger partial charge on any atom is -0.379 e. The lowest BCUT2D eigenvalue weighted by Crippen LogP contribution is -2.12. The van der Waals surface area contributed by atoms with Gasteiger partial charge in [-0.15, -0.1) is 0 Å². The van der Waals surface area contributed by atoms with E-state index in [0.717, 1.165) is 18.4 Å². The van der Waals surface area contributed by atoms with Crippen molar-refractivity contribution in [1.82, 2.24) is 0 Å². The lowest BCUT2D eigenvalue weighted by Gasteiger charge is -2.11. The summed E-state index contributed by atoms with van der Waals surface area (Å²) in [6.07, 6.45) is 12.9. The molecule has 0 saturated carbocycles. The summed E-state index contributed by atoms with van der Waals surface area (Å²) >= 11 is 0. The van der Waals surface area contributed by atoms with Crippen LogP contribution in [0.1, 0.15) is 76.7 Å². The zero-order valence-corrected chi connectivity index (χ0v) is 19.1. The van der Waals surface area contributed by atoms with Gasteiger partial charge in [-0.05, 0) is 36.6 Å². The zero-order valence-electron chi connectivity index (χ0n) is 18.3. The molecule has 0 spiro atoms. The first-order valence-corrected chi connectivity index (χ1v) is 12.6. The fourth-order valence-electron chi connectivity index (χ4n) is 3.55. The number of non-ortho nitro benzene ring substituents is 1. The van der Waals surface area contributed by atoms with Crippen LogP contribution in [0.4, 0.5) is 5.69 Å². The van der Waals surface area contributed by atoms with Gasteiger partial charge in [0.2, 0.25) is 0 Å². The van der Waals surface area contributed by atoms with Crippen LogP contribution in [0.3, 0.4) is 0 Å². The van der Waals surface area contributed by atoms with Gasteiger partial charge in [0.15, 0.2) is 0 Å². The van der Waals surface area contributed by atoms with Crippen molar-refractivity contribution in [1.29, 1.82) is 0 Å². The Bertz CT molecular complexity index is 910. The Morgan fingerprint density at radius 1 is 0.806 bits per heavy atom. The minimum atomic E-state index is -4.01. The topological polar surface area (TPSA) is 86.5 Å². The molecule has 31 heavy (non-hydrogen) atoms. The fraction of sp³-hybridized carbons (Fsp3) is 0.500. The van der Waals surface area contributed by atoms with Crippen LogP contribution in [0.5, 0.6) is 5.75 Å². The summed E-state index contributed by atoms with van der Waals surface area (Å²) in [6.45, 7) is 2.23. The highest BCUT2D eigenvalue weighted by Gasteiger charge is 2.20. The number of hydrogen-bond donors (Lipinski definition) is 0. The molecular weight excluding hydrogens is 414 g/mol. The van der Waals surface area contributed by atoms with E-state index in [2.05, 4.69) is 6.92 Å². The number of nitro groups is 1. The SMILES string of the molecule is CCCCCCCCCCCCc1ccccc1S(=O)(=O)Oc1ccc([N+](=O)[O-])cc1. The van der Waals surface area contributed by atoms with Crippen LogP contribution >= 0.6 is 0 Å². The number of rotatable bonds is 15.